The monoisotopic (exact) mass is 750 g/mol. The fourth-order valence-electron chi connectivity index (χ4n) is 3.57. The second-order valence-corrected chi connectivity index (χ2v) is 8.85. The number of hydrogen-bond acceptors (Lipinski definition) is 4. The first-order valence-electron chi connectivity index (χ1n) is 14.5. The van der Waals surface area contributed by atoms with Crippen molar-refractivity contribution in [3.05, 3.63) is 121 Å². The summed E-state index contributed by atoms with van der Waals surface area (Å²) in [6.07, 6.45) is 13.4. The number of allylic oxidation sites excluding steroid dienone is 6. The van der Waals surface area contributed by atoms with E-state index in [-0.39, 0.29) is 21.1 Å². The molecule has 5 nitrogen and oxygen atoms in total. The van der Waals surface area contributed by atoms with Crippen LogP contribution in [-0.2, 0) is 33.9 Å². The fraction of sp³-hybridized carbons (Fsp3) is 0.324. The minimum absolute atomic E-state index is 0. The maximum atomic E-state index is 9.75. The summed E-state index contributed by atoms with van der Waals surface area (Å²) in [5.74, 6) is 0. The van der Waals surface area contributed by atoms with Crippen LogP contribution in [0.25, 0.3) is 16.5 Å². The second-order valence-electron chi connectivity index (χ2n) is 8.85. The normalized spacial score (nSPS) is 10.0. The van der Waals surface area contributed by atoms with Gasteiger partial charge >= 0.3 is 0 Å². The zero-order chi connectivity index (χ0) is 32.3. The number of hydrogen-bond donors (Lipinski definition) is 2. The van der Waals surface area contributed by atoms with Crippen molar-refractivity contribution in [2.24, 2.45) is 10.7 Å². The average molecular weight is 751 g/mol. The van der Waals surface area contributed by atoms with Gasteiger partial charge in [0, 0.05) is 32.5 Å². The van der Waals surface area contributed by atoms with Gasteiger partial charge in [-0.15, -0.1) is 5.56 Å². The number of nitriles is 1. The number of rotatable bonds is 9. The van der Waals surface area contributed by atoms with Crippen molar-refractivity contribution >= 4 is 23.2 Å². The first kappa shape index (κ1) is 43.7. The van der Waals surface area contributed by atoms with E-state index in [4.69, 9.17) is 0 Å². The Bertz CT molecular complexity index is 1310. The van der Waals surface area contributed by atoms with Gasteiger partial charge in [-0.3, -0.25) is 9.98 Å². The number of aryl methyl sites for hydroxylation is 2. The molecule has 0 saturated heterocycles. The fourth-order valence-corrected chi connectivity index (χ4v) is 3.57. The molecule has 232 valence electrons. The third kappa shape index (κ3) is 17.7. The van der Waals surface area contributed by atoms with E-state index in [9.17, 15) is 5.26 Å². The van der Waals surface area contributed by atoms with E-state index in [1.165, 1.54) is 17.3 Å². The Hall–Kier alpha value is -3.74. The smallest absolute Gasteiger partial charge is 0.0997 e. The average Bonchev–Trinajstić information content (AvgIpc) is 3.45. The molecule has 3 rings (SSSR count). The Morgan fingerprint density at radius 3 is 2.14 bits per heavy atom. The zero-order valence-corrected chi connectivity index (χ0v) is 30.4. The number of nitrogens with two attached hydrogens (primary N) is 1. The molecule has 43 heavy (non-hydrogen) atoms. The van der Waals surface area contributed by atoms with E-state index in [0.717, 1.165) is 71.1 Å². The van der Waals surface area contributed by atoms with Crippen molar-refractivity contribution in [1.82, 2.24) is 9.97 Å². The minimum atomic E-state index is 0. The molecule has 0 aliphatic carbocycles. The molecule has 0 radical (unpaired) electrons. The first-order valence-corrected chi connectivity index (χ1v) is 14.5. The molecule has 0 fully saturated rings. The van der Waals surface area contributed by atoms with Crippen molar-refractivity contribution < 1.29 is 21.1 Å². The van der Waals surface area contributed by atoms with Gasteiger partial charge in [0.05, 0.1) is 11.6 Å². The summed E-state index contributed by atoms with van der Waals surface area (Å²) >= 11 is 0. The van der Waals surface area contributed by atoms with Gasteiger partial charge in [-0.05, 0) is 70.2 Å². The van der Waals surface area contributed by atoms with E-state index < -0.39 is 0 Å². The van der Waals surface area contributed by atoms with Crippen LogP contribution >= 0.6 is 0 Å². The van der Waals surface area contributed by atoms with E-state index in [1.54, 1.807) is 12.3 Å². The van der Waals surface area contributed by atoms with Crippen LogP contribution in [0.3, 0.4) is 0 Å². The number of benzene rings is 1. The molecule has 0 saturated carbocycles. The summed E-state index contributed by atoms with van der Waals surface area (Å²) in [6, 6.07) is 15.7. The number of nitrogens with zero attached hydrogens (tertiary/aromatic N) is 3. The van der Waals surface area contributed by atoms with E-state index >= 15 is 0 Å². The standard InChI is InChI=1S/C23H24N3.C5H9N.C5H8.C2H5N.C2H6.W/c1-3-8-17(21(15-24)18-9-6-5-7-10-18)11-12-19-16-26-23-20(19)13-14-25-22(23)4-2;1-4-5(2)6-3;1-4-5(2)3;1-2-3;1-2;/h5-7,9-10,14,16,26H,3-4,8,11-12H2,1-2H3;4H,3H2,1-2H3;4H,1-2H2,3H3;2H,1,3H2;1-2H3;/q-1;;;;;/b21-17-;5-4-;;;;. The maximum Gasteiger partial charge on any atom is 0.0997 e. The summed E-state index contributed by atoms with van der Waals surface area (Å²) in [7, 11) is 0. The zero-order valence-electron chi connectivity index (χ0n) is 27.5. The molecule has 0 amide bonds. The Morgan fingerprint density at radius 2 is 1.72 bits per heavy atom. The number of nitrogens with one attached hydrogen (secondary N) is 1. The molecule has 3 N–H and O–H groups in total. The molecule has 0 spiro atoms. The number of pyridine rings is 1. The van der Waals surface area contributed by atoms with E-state index in [1.807, 2.05) is 71.0 Å². The van der Waals surface area contributed by atoms with E-state index in [2.05, 4.69) is 79.3 Å². The predicted molar refractivity (Wildman–Crippen MR) is 186 cm³/mol. The number of H-pyrrole nitrogens is 1. The summed E-state index contributed by atoms with van der Waals surface area (Å²) in [5.41, 5.74) is 13.1. The molecule has 2 aromatic heterocycles. The largest absolute Gasteiger partial charge is 0.422 e. The van der Waals surface area contributed by atoms with Gasteiger partial charge in [0.15, 0.2) is 0 Å². The third-order valence-electron chi connectivity index (χ3n) is 5.81. The van der Waals surface area contributed by atoms with Gasteiger partial charge in [-0.2, -0.15) is 16.7 Å². The number of aromatic amines is 1. The molecule has 1 aromatic carbocycles. The van der Waals surface area contributed by atoms with E-state index in [0.29, 0.717) is 0 Å². The SMILES string of the molecule is C=CC(=C)C.C=CN.C=N/C(C)=C\C.CC.CCC/C(CCc1c[nH]c2c(CC)nc[c-]c12)=C(\C#N)c1ccccc1.[W]. The van der Waals surface area contributed by atoms with Crippen LogP contribution in [0.5, 0.6) is 0 Å². The van der Waals surface area contributed by atoms with Crippen molar-refractivity contribution in [3.8, 4) is 6.07 Å². The third-order valence-corrected chi connectivity index (χ3v) is 5.81. The van der Waals surface area contributed by atoms with Gasteiger partial charge in [-0.1, -0.05) is 120 Å². The molecular weight excluding hydrogens is 698 g/mol. The molecule has 0 atom stereocenters. The van der Waals surface area contributed by atoms with Crippen LogP contribution in [0.4, 0.5) is 0 Å². The Morgan fingerprint density at radius 1 is 1.14 bits per heavy atom. The minimum Gasteiger partial charge on any atom is -0.422 e. The van der Waals surface area contributed by atoms with Gasteiger partial charge in [0.25, 0.3) is 0 Å². The van der Waals surface area contributed by atoms with Crippen LogP contribution < -0.4 is 5.73 Å². The Balaban J connectivity index is -0.000000785. The van der Waals surface area contributed by atoms with Crippen molar-refractivity contribution in [1.29, 1.82) is 5.26 Å². The van der Waals surface area contributed by atoms with Crippen LogP contribution in [0.1, 0.15) is 84.5 Å². The number of fused-ring (bicyclic) bond motifs is 1. The molecule has 0 aliphatic rings. The van der Waals surface area contributed by atoms with Crippen LogP contribution in [-0.4, -0.2) is 16.7 Å². The maximum absolute atomic E-state index is 9.75. The molecular formula is C37H52N5W-. The summed E-state index contributed by atoms with van der Waals surface area (Å²) in [4.78, 5) is 11.4. The molecule has 0 unspecified atom stereocenters. The van der Waals surface area contributed by atoms with Crippen molar-refractivity contribution in [2.45, 2.75) is 80.6 Å². The van der Waals surface area contributed by atoms with Gasteiger partial charge in [0.1, 0.15) is 0 Å². The van der Waals surface area contributed by atoms with Gasteiger partial charge < -0.3 is 10.7 Å². The molecule has 0 aliphatic heterocycles. The molecule has 0 bridgehead atoms. The quantitative estimate of drug-likeness (QED) is 0.0988. The van der Waals surface area contributed by atoms with Gasteiger partial charge in [0.2, 0.25) is 0 Å². The topological polar surface area (TPSA) is 90.8 Å². The molecule has 3 aromatic rings. The Kier molecular flexibility index (Phi) is 28.8. The number of aliphatic imine (C=N–C) groups is 1. The van der Waals surface area contributed by atoms with Crippen LogP contribution in [0.15, 0.2) is 103 Å². The van der Waals surface area contributed by atoms with Crippen molar-refractivity contribution in [3.63, 3.8) is 0 Å². The summed E-state index contributed by atoms with van der Waals surface area (Å²) in [6.45, 7) is 27.5. The molecule has 6 heteroatoms. The summed E-state index contributed by atoms with van der Waals surface area (Å²) in [5, 5.41) is 10.9. The summed E-state index contributed by atoms with van der Waals surface area (Å²) < 4.78 is 0. The number of aromatic nitrogens is 2. The van der Waals surface area contributed by atoms with Crippen LogP contribution in [0, 0.1) is 17.4 Å². The van der Waals surface area contributed by atoms with Gasteiger partial charge in [-0.25, -0.2) is 0 Å². The molecule has 2 heterocycles. The Labute approximate surface area is 276 Å². The first-order chi connectivity index (χ1) is 20.3. The second kappa shape index (κ2) is 28.4. The van der Waals surface area contributed by atoms with Crippen LogP contribution in [0.2, 0.25) is 0 Å². The van der Waals surface area contributed by atoms with Crippen molar-refractivity contribution in [2.75, 3.05) is 0 Å². The predicted octanol–water partition coefficient (Wildman–Crippen LogP) is 10.1.